The quantitative estimate of drug-likeness (QED) is 0.484. The van der Waals surface area contributed by atoms with Crippen molar-refractivity contribution in [3.05, 3.63) is 42.0 Å². The largest absolute Gasteiger partial charge is 0.494 e. The molecule has 2 N–H and O–H groups in total. The third-order valence-electron chi connectivity index (χ3n) is 5.38. The van der Waals surface area contributed by atoms with E-state index >= 15 is 0 Å². The SMILES string of the molecule is CCOc1ccc(S(=O)(=O)Nc2cc(OC)c(OC)cc2C(=O)NCCN(C)C2CC2)cc1. The van der Waals surface area contributed by atoms with Crippen molar-refractivity contribution in [3.63, 3.8) is 0 Å². The number of ether oxygens (including phenoxy) is 3. The fourth-order valence-corrected chi connectivity index (χ4v) is 4.45. The number of nitrogens with zero attached hydrogens (tertiary/aromatic N) is 1. The topological polar surface area (TPSA) is 106 Å². The van der Waals surface area contributed by atoms with Gasteiger partial charge in [-0.05, 0) is 57.1 Å². The number of sulfonamides is 1. The fourth-order valence-electron chi connectivity index (χ4n) is 3.38. The van der Waals surface area contributed by atoms with Crippen molar-refractivity contribution in [1.29, 1.82) is 0 Å². The molecule has 9 nitrogen and oxygen atoms in total. The van der Waals surface area contributed by atoms with E-state index < -0.39 is 15.9 Å². The van der Waals surface area contributed by atoms with Crippen LogP contribution in [0.5, 0.6) is 17.2 Å². The average Bonchev–Trinajstić information content (AvgIpc) is 3.64. The van der Waals surface area contributed by atoms with Crippen LogP contribution in [0, 0.1) is 0 Å². The summed E-state index contributed by atoms with van der Waals surface area (Å²) in [6.45, 7) is 3.47. The Morgan fingerprint density at radius 3 is 2.30 bits per heavy atom. The number of likely N-dealkylation sites (N-methyl/N-ethyl adjacent to an activating group) is 1. The molecule has 1 aliphatic rings. The van der Waals surface area contributed by atoms with E-state index in [9.17, 15) is 13.2 Å². The number of rotatable bonds is 12. The van der Waals surface area contributed by atoms with E-state index in [1.165, 1.54) is 51.3 Å². The summed E-state index contributed by atoms with van der Waals surface area (Å²) < 4.78 is 44.5. The molecule has 0 spiro atoms. The predicted molar refractivity (Wildman–Crippen MR) is 126 cm³/mol. The number of hydrogen-bond donors (Lipinski definition) is 2. The lowest BCUT2D eigenvalue weighted by atomic mass is 10.1. The van der Waals surface area contributed by atoms with Crippen LogP contribution < -0.4 is 24.2 Å². The van der Waals surface area contributed by atoms with E-state index in [0.717, 1.165) is 0 Å². The van der Waals surface area contributed by atoms with Crippen molar-refractivity contribution in [2.45, 2.75) is 30.7 Å². The highest BCUT2D eigenvalue weighted by Gasteiger charge is 2.26. The Kier molecular flexibility index (Phi) is 8.04. The van der Waals surface area contributed by atoms with Gasteiger partial charge in [-0.25, -0.2) is 8.42 Å². The van der Waals surface area contributed by atoms with Crippen molar-refractivity contribution < 1.29 is 27.4 Å². The van der Waals surface area contributed by atoms with E-state index in [4.69, 9.17) is 14.2 Å². The maximum atomic E-state index is 13.0. The maximum Gasteiger partial charge on any atom is 0.261 e. The number of methoxy groups -OCH3 is 2. The molecule has 2 aromatic carbocycles. The molecule has 180 valence electrons. The molecule has 33 heavy (non-hydrogen) atoms. The lowest BCUT2D eigenvalue weighted by molar-refractivity contribution is 0.0950. The fraction of sp³-hybridized carbons (Fsp3) is 0.435. The average molecular weight is 478 g/mol. The molecule has 0 aliphatic heterocycles. The highest BCUT2D eigenvalue weighted by atomic mass is 32.2. The molecular formula is C23H31N3O6S. The maximum absolute atomic E-state index is 13.0. The van der Waals surface area contributed by atoms with Gasteiger partial charge in [-0.15, -0.1) is 0 Å². The van der Waals surface area contributed by atoms with Gasteiger partial charge in [-0.1, -0.05) is 0 Å². The summed E-state index contributed by atoms with van der Waals surface area (Å²) in [5.41, 5.74) is 0.228. The van der Waals surface area contributed by atoms with Crippen molar-refractivity contribution in [2.24, 2.45) is 0 Å². The van der Waals surface area contributed by atoms with Gasteiger partial charge in [-0.2, -0.15) is 0 Å². The Bertz CT molecular complexity index is 1070. The third-order valence-corrected chi connectivity index (χ3v) is 6.76. The summed E-state index contributed by atoms with van der Waals surface area (Å²) in [6, 6.07) is 9.54. The van der Waals surface area contributed by atoms with E-state index in [-0.39, 0.29) is 16.1 Å². The highest BCUT2D eigenvalue weighted by Crippen LogP contribution is 2.34. The van der Waals surface area contributed by atoms with Gasteiger partial charge < -0.3 is 24.4 Å². The first-order valence-electron chi connectivity index (χ1n) is 10.8. The number of hydrogen-bond acceptors (Lipinski definition) is 7. The number of carbonyl (C=O) groups is 1. The lowest BCUT2D eigenvalue weighted by Gasteiger charge is -2.18. The van der Waals surface area contributed by atoms with E-state index in [2.05, 4.69) is 14.9 Å². The van der Waals surface area contributed by atoms with Crippen LogP contribution in [0.3, 0.4) is 0 Å². The molecule has 0 bridgehead atoms. The van der Waals surface area contributed by atoms with E-state index in [1.54, 1.807) is 12.1 Å². The van der Waals surface area contributed by atoms with Crippen molar-refractivity contribution in [2.75, 3.05) is 45.7 Å². The minimum Gasteiger partial charge on any atom is -0.494 e. The molecule has 0 saturated heterocycles. The first-order valence-corrected chi connectivity index (χ1v) is 12.3. The van der Waals surface area contributed by atoms with Crippen LogP contribution >= 0.6 is 0 Å². The van der Waals surface area contributed by atoms with Gasteiger partial charge >= 0.3 is 0 Å². The predicted octanol–water partition coefficient (Wildman–Crippen LogP) is 2.73. The summed E-state index contributed by atoms with van der Waals surface area (Å²) in [4.78, 5) is 15.2. The van der Waals surface area contributed by atoms with Crippen LogP contribution in [0.25, 0.3) is 0 Å². The molecule has 2 aromatic rings. The van der Waals surface area contributed by atoms with Gasteiger partial charge in [0.15, 0.2) is 11.5 Å². The zero-order valence-corrected chi connectivity index (χ0v) is 20.2. The molecule has 1 aliphatic carbocycles. The zero-order valence-electron chi connectivity index (χ0n) is 19.4. The normalized spacial score (nSPS) is 13.5. The van der Waals surface area contributed by atoms with Gasteiger partial charge in [0.1, 0.15) is 5.75 Å². The number of amides is 1. The standard InChI is InChI=1S/C23H31N3O6S/c1-5-32-17-8-10-18(11-9-17)33(28,29)25-20-15-22(31-4)21(30-3)14-19(20)23(27)24-12-13-26(2)16-6-7-16/h8-11,14-16,25H,5-7,12-13H2,1-4H3,(H,24,27). The second-order valence-corrected chi connectivity index (χ2v) is 9.41. The molecule has 0 unspecified atom stereocenters. The molecule has 3 rings (SSSR count). The number of benzene rings is 2. The third kappa shape index (κ3) is 6.29. The van der Waals surface area contributed by atoms with Gasteiger partial charge in [0.05, 0.1) is 37.0 Å². The van der Waals surface area contributed by atoms with Crippen LogP contribution in [0.1, 0.15) is 30.1 Å². The first kappa shape index (κ1) is 24.7. The number of anilines is 1. The summed E-state index contributed by atoms with van der Waals surface area (Å²) in [5.74, 6) is 0.775. The Morgan fingerprint density at radius 1 is 1.09 bits per heavy atom. The van der Waals surface area contributed by atoms with Crippen LogP contribution in [0.2, 0.25) is 0 Å². The highest BCUT2D eigenvalue weighted by molar-refractivity contribution is 7.92. The minimum atomic E-state index is -3.97. The second-order valence-electron chi connectivity index (χ2n) is 7.73. The summed E-state index contributed by atoms with van der Waals surface area (Å²) in [6.07, 6.45) is 2.36. The Labute approximate surface area is 195 Å². The van der Waals surface area contributed by atoms with Gasteiger partial charge in [0.25, 0.3) is 15.9 Å². The van der Waals surface area contributed by atoms with Crippen molar-refractivity contribution >= 4 is 21.6 Å². The summed E-state index contributed by atoms with van der Waals surface area (Å²) >= 11 is 0. The molecule has 1 saturated carbocycles. The number of carbonyl (C=O) groups excluding carboxylic acids is 1. The first-order chi connectivity index (χ1) is 15.8. The Balaban J connectivity index is 1.84. The molecule has 0 aromatic heterocycles. The van der Waals surface area contributed by atoms with Crippen LogP contribution in [-0.2, 0) is 10.0 Å². The molecular weight excluding hydrogens is 446 g/mol. The van der Waals surface area contributed by atoms with E-state index in [1.807, 2.05) is 14.0 Å². The zero-order chi connectivity index (χ0) is 24.0. The molecule has 1 fully saturated rings. The Hall–Kier alpha value is -2.98. The van der Waals surface area contributed by atoms with E-state index in [0.29, 0.717) is 43.0 Å². The summed E-state index contributed by atoms with van der Waals surface area (Å²) in [7, 11) is 0.945. The summed E-state index contributed by atoms with van der Waals surface area (Å²) in [5, 5.41) is 2.86. The van der Waals surface area contributed by atoms with Crippen LogP contribution in [0.4, 0.5) is 5.69 Å². The van der Waals surface area contributed by atoms with Crippen LogP contribution in [0.15, 0.2) is 41.3 Å². The minimum absolute atomic E-state index is 0.0400. The van der Waals surface area contributed by atoms with Gasteiger partial charge in [0.2, 0.25) is 0 Å². The monoisotopic (exact) mass is 477 g/mol. The Morgan fingerprint density at radius 2 is 1.73 bits per heavy atom. The number of nitrogens with one attached hydrogen (secondary N) is 2. The van der Waals surface area contributed by atoms with Crippen molar-refractivity contribution in [1.82, 2.24) is 10.2 Å². The molecule has 0 heterocycles. The molecule has 0 radical (unpaired) electrons. The van der Waals surface area contributed by atoms with Gasteiger partial charge in [-0.3, -0.25) is 9.52 Å². The molecule has 1 amide bonds. The molecule has 10 heteroatoms. The smallest absolute Gasteiger partial charge is 0.261 e. The van der Waals surface area contributed by atoms with Crippen LogP contribution in [-0.4, -0.2) is 66.2 Å². The van der Waals surface area contributed by atoms with Crippen molar-refractivity contribution in [3.8, 4) is 17.2 Å². The lowest BCUT2D eigenvalue weighted by Crippen LogP contribution is -2.34. The van der Waals surface area contributed by atoms with Gasteiger partial charge in [0, 0.05) is 25.2 Å². The second kappa shape index (κ2) is 10.8. The molecule has 0 atom stereocenters.